The Morgan fingerprint density at radius 1 is 1.28 bits per heavy atom. The van der Waals surface area contributed by atoms with Crippen molar-refractivity contribution < 1.29 is 4.74 Å². The molecule has 0 radical (unpaired) electrons. The van der Waals surface area contributed by atoms with Gasteiger partial charge in [0.15, 0.2) is 0 Å². The Morgan fingerprint density at radius 2 is 1.94 bits per heavy atom. The molecule has 100 valence electrons. The summed E-state index contributed by atoms with van der Waals surface area (Å²) in [5.41, 5.74) is 7.18. The second-order valence-corrected chi connectivity index (χ2v) is 5.82. The van der Waals surface area contributed by atoms with Gasteiger partial charge in [0.05, 0.1) is 12.1 Å². The van der Waals surface area contributed by atoms with Gasteiger partial charge in [-0.1, -0.05) is 48.9 Å². The van der Waals surface area contributed by atoms with E-state index in [9.17, 15) is 0 Å². The average molecular weight is 288 g/mol. The van der Waals surface area contributed by atoms with Crippen LogP contribution in [0.1, 0.15) is 43.7 Å². The Bertz CT molecular complexity index is 417. The Morgan fingerprint density at radius 3 is 2.56 bits per heavy atom. The van der Waals surface area contributed by atoms with Gasteiger partial charge in [0, 0.05) is 17.1 Å². The fourth-order valence-corrected chi connectivity index (χ4v) is 3.26. The highest BCUT2D eigenvalue weighted by molar-refractivity contribution is 6.34. The highest BCUT2D eigenvalue weighted by Gasteiger charge is 2.21. The molecule has 1 aliphatic rings. The molecule has 1 fully saturated rings. The highest BCUT2D eigenvalue weighted by atomic mass is 35.5. The van der Waals surface area contributed by atoms with Gasteiger partial charge in [0.2, 0.25) is 0 Å². The fourth-order valence-electron chi connectivity index (χ4n) is 2.72. The van der Waals surface area contributed by atoms with Crippen molar-refractivity contribution in [2.24, 2.45) is 11.7 Å². The SMILES string of the molecule is COc1cc(Cl)c(C(N)CC2CCCC2)cc1Cl. The van der Waals surface area contributed by atoms with E-state index in [2.05, 4.69) is 0 Å². The molecule has 0 amide bonds. The van der Waals surface area contributed by atoms with Crippen molar-refractivity contribution in [2.45, 2.75) is 38.1 Å². The average Bonchev–Trinajstić information content (AvgIpc) is 2.84. The molecule has 1 saturated carbocycles. The van der Waals surface area contributed by atoms with Crippen LogP contribution in [0.15, 0.2) is 12.1 Å². The van der Waals surface area contributed by atoms with Crippen molar-refractivity contribution in [1.82, 2.24) is 0 Å². The maximum Gasteiger partial charge on any atom is 0.138 e. The first-order valence-electron chi connectivity index (χ1n) is 6.40. The maximum absolute atomic E-state index is 6.25. The predicted octanol–water partition coefficient (Wildman–Crippen LogP) is 4.58. The summed E-state index contributed by atoms with van der Waals surface area (Å²) in [6, 6.07) is 3.54. The smallest absolute Gasteiger partial charge is 0.138 e. The van der Waals surface area contributed by atoms with Gasteiger partial charge in [-0.2, -0.15) is 0 Å². The zero-order valence-corrected chi connectivity index (χ0v) is 12.1. The standard InChI is InChI=1S/C14H19Cl2NO/c1-18-14-8-11(15)10(7-12(14)16)13(17)6-9-4-2-3-5-9/h7-9,13H,2-6,17H2,1H3. The number of methoxy groups -OCH3 is 1. The van der Waals surface area contributed by atoms with Crippen LogP contribution in [0.4, 0.5) is 0 Å². The first-order valence-corrected chi connectivity index (χ1v) is 7.16. The molecule has 4 heteroatoms. The second kappa shape index (κ2) is 6.14. The third-order valence-corrected chi connectivity index (χ3v) is 4.36. The number of rotatable bonds is 4. The Balaban J connectivity index is 2.13. The van der Waals surface area contributed by atoms with Crippen LogP contribution in [0.3, 0.4) is 0 Å². The molecular weight excluding hydrogens is 269 g/mol. The van der Waals surface area contributed by atoms with Crippen LogP contribution in [-0.4, -0.2) is 7.11 Å². The van der Waals surface area contributed by atoms with E-state index in [1.807, 2.05) is 6.07 Å². The molecule has 1 unspecified atom stereocenters. The highest BCUT2D eigenvalue weighted by Crippen LogP contribution is 2.37. The lowest BCUT2D eigenvalue weighted by atomic mass is 9.94. The van der Waals surface area contributed by atoms with Crippen molar-refractivity contribution in [1.29, 1.82) is 0 Å². The molecule has 18 heavy (non-hydrogen) atoms. The molecule has 1 aromatic carbocycles. The van der Waals surface area contributed by atoms with E-state index in [0.717, 1.165) is 17.9 Å². The molecule has 2 rings (SSSR count). The fraction of sp³-hybridized carbons (Fsp3) is 0.571. The third kappa shape index (κ3) is 3.11. The first-order chi connectivity index (χ1) is 8.61. The zero-order chi connectivity index (χ0) is 13.1. The molecule has 2 N–H and O–H groups in total. The van der Waals surface area contributed by atoms with Crippen LogP contribution in [-0.2, 0) is 0 Å². The monoisotopic (exact) mass is 287 g/mol. The molecule has 1 atom stereocenters. The van der Waals surface area contributed by atoms with Gasteiger partial charge in [0.1, 0.15) is 5.75 Å². The summed E-state index contributed by atoms with van der Waals surface area (Å²) >= 11 is 12.4. The van der Waals surface area contributed by atoms with Gasteiger partial charge < -0.3 is 10.5 Å². The van der Waals surface area contributed by atoms with Gasteiger partial charge >= 0.3 is 0 Å². The lowest BCUT2D eigenvalue weighted by Crippen LogP contribution is -2.14. The number of hydrogen-bond donors (Lipinski definition) is 1. The number of benzene rings is 1. The van der Waals surface area contributed by atoms with E-state index < -0.39 is 0 Å². The number of hydrogen-bond acceptors (Lipinski definition) is 2. The summed E-state index contributed by atoms with van der Waals surface area (Å²) in [7, 11) is 1.58. The molecule has 0 heterocycles. The van der Waals surface area contributed by atoms with Crippen molar-refractivity contribution in [3.05, 3.63) is 27.7 Å². The summed E-state index contributed by atoms with van der Waals surface area (Å²) in [5, 5.41) is 1.21. The van der Waals surface area contributed by atoms with Gasteiger partial charge in [0.25, 0.3) is 0 Å². The first kappa shape index (κ1) is 14.0. The Labute approximate surface area is 118 Å². The summed E-state index contributed by atoms with van der Waals surface area (Å²) in [4.78, 5) is 0. The normalized spacial score (nSPS) is 18.0. The van der Waals surface area contributed by atoms with E-state index in [4.69, 9.17) is 33.7 Å². The molecule has 2 nitrogen and oxygen atoms in total. The largest absolute Gasteiger partial charge is 0.495 e. The summed E-state index contributed by atoms with van der Waals surface area (Å²) in [6.45, 7) is 0. The summed E-state index contributed by atoms with van der Waals surface area (Å²) in [6.07, 6.45) is 6.22. The number of halogens is 2. The van der Waals surface area contributed by atoms with E-state index in [-0.39, 0.29) is 6.04 Å². The zero-order valence-electron chi connectivity index (χ0n) is 10.6. The number of ether oxygens (including phenoxy) is 1. The molecule has 0 aromatic heterocycles. The predicted molar refractivity (Wildman–Crippen MR) is 76.5 cm³/mol. The Kier molecular flexibility index (Phi) is 4.77. The van der Waals surface area contributed by atoms with Gasteiger partial charge in [-0.15, -0.1) is 0 Å². The van der Waals surface area contributed by atoms with Crippen LogP contribution in [0, 0.1) is 5.92 Å². The second-order valence-electron chi connectivity index (χ2n) is 5.00. The van der Waals surface area contributed by atoms with E-state index in [1.165, 1.54) is 25.7 Å². The maximum atomic E-state index is 6.25. The minimum absolute atomic E-state index is 0.0380. The van der Waals surface area contributed by atoms with Gasteiger partial charge in [-0.05, 0) is 24.0 Å². The number of nitrogens with two attached hydrogens (primary N) is 1. The van der Waals surface area contributed by atoms with Crippen molar-refractivity contribution in [3.63, 3.8) is 0 Å². The van der Waals surface area contributed by atoms with E-state index in [0.29, 0.717) is 15.8 Å². The van der Waals surface area contributed by atoms with Gasteiger partial charge in [-0.3, -0.25) is 0 Å². The van der Waals surface area contributed by atoms with Gasteiger partial charge in [-0.25, -0.2) is 0 Å². The molecule has 0 saturated heterocycles. The minimum atomic E-state index is -0.0380. The molecule has 1 aliphatic carbocycles. The van der Waals surface area contributed by atoms with Crippen LogP contribution in [0.25, 0.3) is 0 Å². The summed E-state index contributed by atoms with van der Waals surface area (Å²) < 4.78 is 5.14. The van der Waals surface area contributed by atoms with Crippen molar-refractivity contribution in [3.8, 4) is 5.75 Å². The lowest BCUT2D eigenvalue weighted by molar-refractivity contribution is 0.414. The van der Waals surface area contributed by atoms with E-state index in [1.54, 1.807) is 13.2 Å². The van der Waals surface area contributed by atoms with E-state index >= 15 is 0 Å². The van der Waals surface area contributed by atoms with Crippen LogP contribution >= 0.6 is 23.2 Å². The van der Waals surface area contributed by atoms with Crippen LogP contribution < -0.4 is 10.5 Å². The minimum Gasteiger partial charge on any atom is -0.495 e. The van der Waals surface area contributed by atoms with Crippen molar-refractivity contribution in [2.75, 3.05) is 7.11 Å². The molecular formula is C14H19Cl2NO. The van der Waals surface area contributed by atoms with Crippen molar-refractivity contribution >= 4 is 23.2 Å². The van der Waals surface area contributed by atoms with Crippen LogP contribution in [0.2, 0.25) is 10.0 Å². The lowest BCUT2D eigenvalue weighted by Gasteiger charge is -2.19. The summed E-state index contributed by atoms with van der Waals surface area (Å²) in [5.74, 6) is 1.33. The molecule has 0 aliphatic heterocycles. The van der Waals surface area contributed by atoms with Crippen LogP contribution in [0.5, 0.6) is 5.75 Å². The third-order valence-electron chi connectivity index (χ3n) is 3.73. The molecule has 0 bridgehead atoms. The topological polar surface area (TPSA) is 35.2 Å². The Hall–Kier alpha value is -0.440. The molecule has 0 spiro atoms. The molecule has 1 aromatic rings. The quantitative estimate of drug-likeness (QED) is 0.880.